The van der Waals surface area contributed by atoms with Gasteiger partial charge in [-0.25, -0.2) is 18.3 Å². The summed E-state index contributed by atoms with van der Waals surface area (Å²) in [5.41, 5.74) is 2.19. The Morgan fingerprint density at radius 2 is 1.90 bits per heavy atom. The van der Waals surface area contributed by atoms with Crippen LogP contribution in [0.1, 0.15) is 48.3 Å². The van der Waals surface area contributed by atoms with Gasteiger partial charge in [0.05, 0.1) is 31.5 Å². The van der Waals surface area contributed by atoms with E-state index in [0.29, 0.717) is 17.8 Å². The summed E-state index contributed by atoms with van der Waals surface area (Å²) in [5.74, 6) is -0.353. The van der Waals surface area contributed by atoms with Gasteiger partial charge < -0.3 is 10.2 Å². The van der Waals surface area contributed by atoms with E-state index in [1.165, 1.54) is 17.2 Å². The zero-order chi connectivity index (χ0) is 21.7. The molecule has 0 fully saturated rings. The van der Waals surface area contributed by atoms with Crippen molar-refractivity contribution in [3.63, 3.8) is 0 Å². The third kappa shape index (κ3) is 4.81. The first-order valence-corrected chi connectivity index (χ1v) is 10.3. The first-order valence-electron chi connectivity index (χ1n) is 10.3. The predicted octanol–water partition coefficient (Wildman–Crippen LogP) is 2.69. The van der Waals surface area contributed by atoms with Gasteiger partial charge >= 0.3 is 0 Å². The highest BCUT2D eigenvalue weighted by Gasteiger charge is 2.21. The third-order valence-electron chi connectivity index (χ3n) is 5.31. The molecular weight excluding hydrogens is 388 g/mol. The molecule has 1 amide bonds. The maximum Gasteiger partial charge on any atom is 0.280 e. The number of quaternary nitrogens is 1. The number of aryl methyl sites for hydroxylation is 1. The Morgan fingerprint density at radius 1 is 1.20 bits per heavy atom. The standard InChI is InChI=1S/C22H27F2N5O/c1-4-28(5-2)12-6-11-25-22(30)17-14-26-29-19(20(23)24)13-18(27-21(17)29)16-9-7-15(3)8-10-16/h7-10,13-14,20H,4-6,11-12H2,1-3H3,(H,25,30)/p+1. The largest absolute Gasteiger partial charge is 0.352 e. The van der Waals surface area contributed by atoms with Gasteiger partial charge in [-0.2, -0.15) is 5.10 Å². The maximum atomic E-state index is 13.7. The highest BCUT2D eigenvalue weighted by molar-refractivity contribution is 5.99. The van der Waals surface area contributed by atoms with E-state index in [9.17, 15) is 13.6 Å². The number of benzene rings is 1. The van der Waals surface area contributed by atoms with Gasteiger partial charge in [0.25, 0.3) is 12.3 Å². The number of carbonyl (C=O) groups excluding carboxylic acids is 1. The quantitative estimate of drug-likeness (QED) is 0.527. The highest BCUT2D eigenvalue weighted by atomic mass is 19.3. The smallest absolute Gasteiger partial charge is 0.280 e. The minimum atomic E-state index is -2.74. The van der Waals surface area contributed by atoms with Gasteiger partial charge in [-0.1, -0.05) is 29.8 Å². The van der Waals surface area contributed by atoms with Crippen LogP contribution in [0.25, 0.3) is 16.9 Å². The summed E-state index contributed by atoms with van der Waals surface area (Å²) in [6.07, 6.45) is -0.600. The molecule has 0 aliphatic rings. The van der Waals surface area contributed by atoms with Gasteiger partial charge in [-0.05, 0) is 26.8 Å². The Kier molecular flexibility index (Phi) is 7.10. The average Bonchev–Trinajstić information content (AvgIpc) is 3.17. The van der Waals surface area contributed by atoms with E-state index in [0.717, 1.165) is 36.1 Å². The Labute approximate surface area is 174 Å². The van der Waals surface area contributed by atoms with Crippen LogP contribution in [-0.4, -0.2) is 46.7 Å². The number of hydrogen-bond acceptors (Lipinski definition) is 3. The molecule has 0 atom stereocenters. The number of carbonyl (C=O) groups is 1. The van der Waals surface area contributed by atoms with Crippen molar-refractivity contribution in [2.24, 2.45) is 0 Å². The van der Waals surface area contributed by atoms with E-state index in [1.54, 1.807) is 0 Å². The molecule has 3 rings (SSSR count). The zero-order valence-electron chi connectivity index (χ0n) is 17.6. The lowest BCUT2D eigenvalue weighted by Crippen LogP contribution is -3.11. The van der Waals surface area contributed by atoms with Gasteiger partial charge in [0.15, 0.2) is 5.65 Å². The molecule has 2 heterocycles. The van der Waals surface area contributed by atoms with Crippen molar-refractivity contribution in [2.45, 2.75) is 33.6 Å². The number of nitrogens with zero attached hydrogens (tertiary/aromatic N) is 3. The number of alkyl halides is 2. The van der Waals surface area contributed by atoms with Gasteiger partial charge in [-0.15, -0.1) is 0 Å². The number of aromatic nitrogens is 3. The zero-order valence-corrected chi connectivity index (χ0v) is 17.6. The van der Waals surface area contributed by atoms with Crippen LogP contribution < -0.4 is 10.2 Å². The number of halogens is 2. The Bertz CT molecular complexity index is 997. The molecule has 0 aliphatic heterocycles. The number of rotatable bonds is 9. The van der Waals surface area contributed by atoms with Gasteiger partial charge in [0, 0.05) is 18.5 Å². The lowest BCUT2D eigenvalue weighted by atomic mass is 10.1. The molecule has 3 aromatic rings. The van der Waals surface area contributed by atoms with E-state index in [2.05, 4.69) is 29.2 Å². The molecule has 0 unspecified atom stereocenters. The van der Waals surface area contributed by atoms with Gasteiger partial charge in [-0.3, -0.25) is 4.79 Å². The van der Waals surface area contributed by atoms with Crippen molar-refractivity contribution in [1.82, 2.24) is 19.9 Å². The van der Waals surface area contributed by atoms with Crippen LogP contribution in [-0.2, 0) is 0 Å². The van der Waals surface area contributed by atoms with Crippen LogP contribution in [0.5, 0.6) is 0 Å². The van der Waals surface area contributed by atoms with E-state index in [1.807, 2.05) is 31.2 Å². The topological polar surface area (TPSA) is 63.7 Å². The second-order valence-electron chi connectivity index (χ2n) is 7.34. The Morgan fingerprint density at radius 3 is 2.53 bits per heavy atom. The fraction of sp³-hybridized carbons (Fsp3) is 0.409. The minimum absolute atomic E-state index is 0.134. The van der Waals surface area contributed by atoms with Crippen molar-refractivity contribution >= 4 is 11.6 Å². The lowest BCUT2D eigenvalue weighted by molar-refractivity contribution is -0.896. The minimum Gasteiger partial charge on any atom is -0.352 e. The number of hydrogen-bond donors (Lipinski definition) is 2. The van der Waals surface area contributed by atoms with E-state index >= 15 is 0 Å². The SMILES string of the molecule is CC[NH+](CC)CCCNC(=O)c1cnn2c(C(F)F)cc(-c3ccc(C)cc3)nc12. The molecule has 0 saturated heterocycles. The Balaban J connectivity index is 1.86. The molecule has 30 heavy (non-hydrogen) atoms. The van der Waals surface area contributed by atoms with E-state index in [4.69, 9.17) is 0 Å². The summed E-state index contributed by atoms with van der Waals surface area (Å²) >= 11 is 0. The lowest BCUT2D eigenvalue weighted by Gasteiger charge is -2.15. The van der Waals surface area contributed by atoms with E-state index < -0.39 is 6.43 Å². The maximum absolute atomic E-state index is 13.7. The van der Waals surface area contributed by atoms with Crippen LogP contribution in [0.2, 0.25) is 0 Å². The number of amides is 1. The highest BCUT2D eigenvalue weighted by Crippen LogP contribution is 2.27. The molecule has 1 aromatic carbocycles. The fourth-order valence-corrected chi connectivity index (χ4v) is 3.41. The summed E-state index contributed by atoms with van der Waals surface area (Å²) in [4.78, 5) is 18.6. The van der Waals surface area contributed by atoms with Crippen LogP contribution in [0.3, 0.4) is 0 Å². The number of fused-ring (bicyclic) bond motifs is 1. The second kappa shape index (κ2) is 9.75. The van der Waals surface area contributed by atoms with Crippen molar-refractivity contribution in [2.75, 3.05) is 26.2 Å². The summed E-state index contributed by atoms with van der Waals surface area (Å²) in [7, 11) is 0. The molecule has 0 aliphatic carbocycles. The normalized spacial score (nSPS) is 11.6. The number of nitrogens with one attached hydrogen (secondary N) is 2. The molecule has 2 aromatic heterocycles. The van der Waals surface area contributed by atoms with Crippen LogP contribution >= 0.6 is 0 Å². The van der Waals surface area contributed by atoms with Crippen LogP contribution in [0.4, 0.5) is 8.78 Å². The molecule has 160 valence electrons. The average molecular weight is 416 g/mol. The predicted molar refractivity (Wildman–Crippen MR) is 112 cm³/mol. The summed E-state index contributed by atoms with van der Waals surface area (Å²) in [6, 6.07) is 8.77. The Hall–Kier alpha value is -2.87. The molecule has 6 nitrogen and oxygen atoms in total. The summed E-state index contributed by atoms with van der Waals surface area (Å²) in [5, 5.41) is 6.87. The van der Waals surface area contributed by atoms with Crippen molar-refractivity contribution in [3.05, 3.63) is 53.3 Å². The van der Waals surface area contributed by atoms with Crippen molar-refractivity contribution < 1.29 is 18.5 Å². The van der Waals surface area contributed by atoms with Crippen LogP contribution in [0.15, 0.2) is 36.5 Å². The summed E-state index contributed by atoms with van der Waals surface area (Å²) in [6.45, 7) is 9.78. The summed E-state index contributed by atoms with van der Waals surface area (Å²) < 4.78 is 28.4. The van der Waals surface area contributed by atoms with E-state index in [-0.39, 0.29) is 22.8 Å². The second-order valence-corrected chi connectivity index (χ2v) is 7.34. The molecule has 0 radical (unpaired) electrons. The first kappa shape index (κ1) is 21.8. The van der Waals surface area contributed by atoms with Gasteiger partial charge in [0.1, 0.15) is 11.3 Å². The van der Waals surface area contributed by atoms with Crippen LogP contribution in [0, 0.1) is 6.92 Å². The molecule has 8 heteroatoms. The van der Waals surface area contributed by atoms with Crippen molar-refractivity contribution in [1.29, 1.82) is 0 Å². The first-order chi connectivity index (χ1) is 14.4. The van der Waals surface area contributed by atoms with Gasteiger partial charge in [0.2, 0.25) is 0 Å². The third-order valence-corrected chi connectivity index (χ3v) is 5.31. The molecule has 0 bridgehead atoms. The monoisotopic (exact) mass is 416 g/mol. The molecule has 0 saturated carbocycles. The van der Waals surface area contributed by atoms with Crippen molar-refractivity contribution in [3.8, 4) is 11.3 Å². The molecule has 0 spiro atoms. The molecule has 2 N–H and O–H groups in total. The molecular formula is C22H28F2N5O+. The fourth-order valence-electron chi connectivity index (χ4n) is 3.41.